The third-order valence-electron chi connectivity index (χ3n) is 6.06. The Bertz CT molecular complexity index is 1240. The van der Waals surface area contributed by atoms with Gasteiger partial charge in [0.05, 0.1) is 5.69 Å². The van der Waals surface area contributed by atoms with Gasteiger partial charge in [-0.15, -0.1) is 0 Å². The molecule has 0 fully saturated rings. The van der Waals surface area contributed by atoms with Crippen molar-refractivity contribution < 1.29 is 4.79 Å². The van der Waals surface area contributed by atoms with Gasteiger partial charge in [0, 0.05) is 28.6 Å². The number of fused-ring (bicyclic) bond motifs is 2. The van der Waals surface area contributed by atoms with E-state index in [1.807, 2.05) is 6.07 Å². The molecule has 0 N–H and O–H groups in total. The monoisotopic (exact) mass is 377 g/mol. The highest BCUT2D eigenvalue weighted by atomic mass is 16.1. The van der Waals surface area contributed by atoms with Crippen molar-refractivity contribution in [2.24, 2.45) is 0 Å². The van der Waals surface area contributed by atoms with Crippen molar-refractivity contribution in [1.29, 1.82) is 0 Å². The highest BCUT2D eigenvalue weighted by molar-refractivity contribution is 6.00. The fraction of sp³-hybridized carbons (Fsp3) is 0.148. The second-order valence-electron chi connectivity index (χ2n) is 7.74. The first kappa shape index (κ1) is 17.7. The van der Waals surface area contributed by atoms with Gasteiger partial charge in [-0.05, 0) is 48.1 Å². The Balaban J connectivity index is 1.83. The molecule has 0 saturated heterocycles. The van der Waals surface area contributed by atoms with Crippen LogP contribution in [0.5, 0.6) is 0 Å². The van der Waals surface area contributed by atoms with Crippen LogP contribution < -0.4 is 0 Å². The minimum Gasteiger partial charge on any atom is -0.336 e. The Morgan fingerprint density at radius 3 is 2.41 bits per heavy atom. The van der Waals surface area contributed by atoms with E-state index in [0.29, 0.717) is 0 Å². The molecule has 0 saturated carbocycles. The van der Waals surface area contributed by atoms with Crippen LogP contribution in [0.2, 0.25) is 0 Å². The molecule has 0 radical (unpaired) electrons. The first-order valence-electron chi connectivity index (χ1n) is 10.2. The lowest BCUT2D eigenvalue weighted by Crippen LogP contribution is -2.12. The average Bonchev–Trinajstić information content (AvgIpc) is 3.05. The zero-order chi connectivity index (χ0) is 19.8. The van der Waals surface area contributed by atoms with Crippen LogP contribution in [0, 0.1) is 6.92 Å². The third kappa shape index (κ3) is 2.92. The summed E-state index contributed by atoms with van der Waals surface area (Å²) in [7, 11) is 0. The number of aryl methyl sites for hydroxylation is 2. The minimum atomic E-state index is 0.780. The summed E-state index contributed by atoms with van der Waals surface area (Å²) in [6, 6.07) is 27.6. The number of carbonyl (C=O) groups is 1. The molecule has 1 aliphatic carbocycles. The molecule has 4 aromatic rings. The first-order chi connectivity index (χ1) is 14.3. The van der Waals surface area contributed by atoms with E-state index < -0.39 is 0 Å². The Morgan fingerprint density at radius 1 is 0.862 bits per heavy atom. The van der Waals surface area contributed by atoms with Gasteiger partial charge in [0.1, 0.15) is 6.29 Å². The number of aromatic nitrogens is 1. The molecule has 1 aliphatic rings. The molecule has 2 nitrogen and oxygen atoms in total. The molecule has 0 aliphatic heterocycles. The summed E-state index contributed by atoms with van der Waals surface area (Å²) >= 11 is 0. The van der Waals surface area contributed by atoms with Crippen LogP contribution in [0.25, 0.3) is 16.5 Å². The summed E-state index contributed by atoms with van der Waals surface area (Å²) in [5, 5.41) is 1.25. The second-order valence-corrected chi connectivity index (χ2v) is 7.74. The second kappa shape index (κ2) is 7.21. The molecule has 0 spiro atoms. The van der Waals surface area contributed by atoms with E-state index >= 15 is 0 Å². The number of hydrogen-bond acceptors (Lipinski definition) is 1. The lowest BCUT2D eigenvalue weighted by atomic mass is 9.83. The van der Waals surface area contributed by atoms with E-state index in [4.69, 9.17) is 0 Å². The van der Waals surface area contributed by atoms with Crippen LogP contribution in [0.1, 0.15) is 34.4 Å². The molecule has 0 atom stereocenters. The maximum Gasteiger partial charge on any atom is 0.146 e. The summed E-state index contributed by atoms with van der Waals surface area (Å²) < 4.78 is 2.39. The zero-order valence-electron chi connectivity index (χ0n) is 16.6. The highest BCUT2D eigenvalue weighted by Crippen LogP contribution is 2.40. The fourth-order valence-corrected chi connectivity index (χ4v) is 4.68. The Kier molecular flexibility index (Phi) is 4.40. The number of carbonyl (C=O) groups excluding carboxylic acids is 1. The maximum absolute atomic E-state index is 12.1. The molecule has 0 unspecified atom stereocenters. The summed E-state index contributed by atoms with van der Waals surface area (Å²) in [6.45, 7) is 2.97. The third-order valence-corrected chi connectivity index (χ3v) is 6.06. The van der Waals surface area contributed by atoms with E-state index in [1.165, 1.54) is 38.9 Å². The lowest BCUT2D eigenvalue weighted by molar-refractivity contribution is -0.105. The fourth-order valence-electron chi connectivity index (χ4n) is 4.68. The van der Waals surface area contributed by atoms with Gasteiger partial charge < -0.3 is 4.57 Å². The lowest BCUT2D eigenvalue weighted by Gasteiger charge is -2.23. The van der Waals surface area contributed by atoms with E-state index in [-0.39, 0.29) is 0 Å². The van der Waals surface area contributed by atoms with E-state index in [2.05, 4.69) is 84.3 Å². The molecule has 142 valence electrons. The van der Waals surface area contributed by atoms with Crippen LogP contribution in [0.4, 0.5) is 0 Å². The number of aldehydes is 1. The molecule has 29 heavy (non-hydrogen) atoms. The van der Waals surface area contributed by atoms with Crippen molar-refractivity contribution >= 4 is 22.8 Å². The van der Waals surface area contributed by atoms with Crippen molar-refractivity contribution in [3.63, 3.8) is 0 Å². The van der Waals surface area contributed by atoms with Gasteiger partial charge >= 0.3 is 0 Å². The van der Waals surface area contributed by atoms with Gasteiger partial charge in [0.15, 0.2) is 0 Å². The standard InChI is InChI=1S/C27H23NO/c1-19-23-12-7-8-14-25(23)28(17-20-9-3-2-4-10-20)27(19)26-22(18-29)16-15-21-11-5-6-13-24(21)26/h2-14,18H,15-17H2,1H3. The van der Waals surface area contributed by atoms with E-state index in [0.717, 1.165) is 36.8 Å². The topological polar surface area (TPSA) is 22.0 Å². The number of allylic oxidation sites excluding steroid dienone is 1. The molecule has 3 aromatic carbocycles. The number of para-hydroxylation sites is 1. The van der Waals surface area contributed by atoms with Gasteiger partial charge in [0.25, 0.3) is 0 Å². The van der Waals surface area contributed by atoms with Crippen LogP contribution in [-0.2, 0) is 17.8 Å². The number of benzene rings is 3. The predicted octanol–water partition coefficient (Wildman–Crippen LogP) is 5.95. The van der Waals surface area contributed by atoms with Crippen molar-refractivity contribution in [3.8, 4) is 0 Å². The van der Waals surface area contributed by atoms with Crippen LogP contribution >= 0.6 is 0 Å². The summed E-state index contributed by atoms with van der Waals surface area (Å²) in [5.41, 5.74) is 9.41. The largest absolute Gasteiger partial charge is 0.336 e. The van der Waals surface area contributed by atoms with E-state index in [9.17, 15) is 4.79 Å². The van der Waals surface area contributed by atoms with Crippen molar-refractivity contribution in [3.05, 3.63) is 112 Å². The number of nitrogens with zero attached hydrogens (tertiary/aromatic N) is 1. The first-order valence-corrected chi connectivity index (χ1v) is 10.2. The predicted molar refractivity (Wildman–Crippen MR) is 119 cm³/mol. The Morgan fingerprint density at radius 2 is 1.59 bits per heavy atom. The molecule has 0 bridgehead atoms. The van der Waals surface area contributed by atoms with Crippen LogP contribution in [0.3, 0.4) is 0 Å². The SMILES string of the molecule is Cc1c(C2=C(C=O)CCc3ccccc32)n(Cc2ccccc2)c2ccccc12. The Hall–Kier alpha value is -3.39. The van der Waals surface area contributed by atoms with E-state index in [1.54, 1.807) is 0 Å². The molecular formula is C27H23NO. The van der Waals surface area contributed by atoms with Crippen molar-refractivity contribution in [2.45, 2.75) is 26.3 Å². The van der Waals surface area contributed by atoms with Gasteiger partial charge in [-0.25, -0.2) is 0 Å². The summed E-state index contributed by atoms with van der Waals surface area (Å²) in [6.07, 6.45) is 2.78. The molecule has 5 rings (SSSR count). The van der Waals surface area contributed by atoms with Gasteiger partial charge in [-0.3, -0.25) is 4.79 Å². The van der Waals surface area contributed by atoms with Crippen LogP contribution in [-0.4, -0.2) is 10.9 Å². The smallest absolute Gasteiger partial charge is 0.146 e. The van der Waals surface area contributed by atoms with Gasteiger partial charge in [-0.1, -0.05) is 72.8 Å². The Labute approximate surface area is 171 Å². The molecule has 2 heteroatoms. The zero-order valence-corrected chi connectivity index (χ0v) is 16.6. The van der Waals surface area contributed by atoms with Gasteiger partial charge in [-0.2, -0.15) is 0 Å². The normalized spacial score (nSPS) is 13.6. The maximum atomic E-state index is 12.1. The molecule has 0 amide bonds. The summed E-state index contributed by atoms with van der Waals surface area (Å²) in [5.74, 6) is 0. The van der Waals surface area contributed by atoms with Crippen LogP contribution in [0.15, 0.2) is 84.4 Å². The molecular weight excluding hydrogens is 354 g/mol. The van der Waals surface area contributed by atoms with Crippen molar-refractivity contribution in [1.82, 2.24) is 4.57 Å². The van der Waals surface area contributed by atoms with Gasteiger partial charge in [0.2, 0.25) is 0 Å². The molecule has 1 heterocycles. The number of rotatable bonds is 4. The average molecular weight is 377 g/mol. The highest BCUT2D eigenvalue weighted by Gasteiger charge is 2.25. The quantitative estimate of drug-likeness (QED) is 0.403. The summed E-state index contributed by atoms with van der Waals surface area (Å²) in [4.78, 5) is 12.1. The number of hydrogen-bond donors (Lipinski definition) is 0. The molecule has 1 aromatic heterocycles. The minimum absolute atomic E-state index is 0.780. The van der Waals surface area contributed by atoms with Crippen molar-refractivity contribution in [2.75, 3.05) is 0 Å².